The maximum Gasteiger partial charge on any atom is 0.136 e. The van der Waals surface area contributed by atoms with Gasteiger partial charge in [0.25, 0.3) is 0 Å². The van der Waals surface area contributed by atoms with Crippen LogP contribution >= 0.6 is 11.3 Å². The first-order valence-corrected chi connectivity index (χ1v) is 16.1. The van der Waals surface area contributed by atoms with Crippen molar-refractivity contribution >= 4 is 75.3 Å². The van der Waals surface area contributed by atoms with Crippen LogP contribution in [0.1, 0.15) is 0 Å². The zero-order valence-corrected chi connectivity index (χ0v) is 25.0. The van der Waals surface area contributed by atoms with Gasteiger partial charge >= 0.3 is 0 Å². The summed E-state index contributed by atoms with van der Waals surface area (Å²) in [6, 6.07) is 54.7. The number of aromatic nitrogens is 1. The van der Waals surface area contributed by atoms with Crippen LogP contribution in [-0.2, 0) is 0 Å². The Bertz CT molecular complexity index is 2760. The van der Waals surface area contributed by atoms with Crippen LogP contribution < -0.4 is 0 Å². The molecule has 45 heavy (non-hydrogen) atoms. The van der Waals surface area contributed by atoms with Crippen molar-refractivity contribution < 1.29 is 4.42 Å². The largest absolute Gasteiger partial charge is 0.456 e. The molecule has 0 atom stereocenters. The lowest BCUT2D eigenvalue weighted by Crippen LogP contribution is -1.93. The molecule has 0 fully saturated rings. The monoisotopic (exact) mass is 591 g/mol. The average Bonchev–Trinajstić information content (AvgIpc) is 3.75. The number of hydrogen-bond donors (Lipinski definition) is 0. The van der Waals surface area contributed by atoms with Crippen molar-refractivity contribution in [3.05, 3.63) is 152 Å². The normalized spacial score (nSPS) is 12.0. The molecule has 0 saturated heterocycles. The van der Waals surface area contributed by atoms with E-state index < -0.39 is 0 Å². The van der Waals surface area contributed by atoms with Gasteiger partial charge in [-0.1, -0.05) is 97.1 Å². The number of hydrogen-bond acceptors (Lipinski definition) is 2. The Labute approximate surface area is 263 Å². The molecule has 3 heterocycles. The van der Waals surface area contributed by atoms with Gasteiger partial charge in [0.2, 0.25) is 0 Å². The molecule has 0 aliphatic rings. The van der Waals surface area contributed by atoms with E-state index in [0.29, 0.717) is 0 Å². The van der Waals surface area contributed by atoms with E-state index >= 15 is 0 Å². The van der Waals surface area contributed by atoms with E-state index in [9.17, 15) is 0 Å². The fraction of sp³-hybridized carbons (Fsp3) is 0. The number of nitrogens with zero attached hydrogens (tertiary/aromatic N) is 1. The third-order valence-corrected chi connectivity index (χ3v) is 10.3. The Balaban J connectivity index is 1.17. The second kappa shape index (κ2) is 9.43. The van der Waals surface area contributed by atoms with Crippen molar-refractivity contribution in [1.82, 2.24) is 4.57 Å². The van der Waals surface area contributed by atoms with Crippen LogP contribution in [0.5, 0.6) is 0 Å². The smallest absolute Gasteiger partial charge is 0.136 e. The lowest BCUT2D eigenvalue weighted by atomic mass is 9.96. The summed E-state index contributed by atoms with van der Waals surface area (Å²) in [7, 11) is 0. The summed E-state index contributed by atoms with van der Waals surface area (Å²) in [5.74, 6) is 0. The van der Waals surface area contributed by atoms with E-state index in [1.165, 1.54) is 64.4 Å². The van der Waals surface area contributed by atoms with Crippen molar-refractivity contribution in [2.45, 2.75) is 0 Å². The molecular formula is C42H25NOS. The third-order valence-electron chi connectivity index (χ3n) is 9.16. The van der Waals surface area contributed by atoms with Crippen LogP contribution in [-0.4, -0.2) is 4.57 Å². The molecule has 210 valence electrons. The van der Waals surface area contributed by atoms with Crippen LogP contribution in [0.25, 0.3) is 91.9 Å². The highest BCUT2D eigenvalue weighted by Crippen LogP contribution is 2.46. The maximum absolute atomic E-state index is 6.42. The Morgan fingerprint density at radius 3 is 2.13 bits per heavy atom. The van der Waals surface area contributed by atoms with E-state index in [1.54, 1.807) is 0 Å². The summed E-state index contributed by atoms with van der Waals surface area (Å²) in [4.78, 5) is 0. The topological polar surface area (TPSA) is 18.1 Å². The van der Waals surface area contributed by atoms with Crippen LogP contribution in [0, 0.1) is 0 Å². The van der Waals surface area contributed by atoms with Crippen LogP contribution in [0.15, 0.2) is 156 Å². The van der Waals surface area contributed by atoms with Gasteiger partial charge in [0.15, 0.2) is 0 Å². The first-order chi connectivity index (χ1) is 22.3. The highest BCUT2D eigenvalue weighted by atomic mass is 32.1. The molecule has 0 bridgehead atoms. The van der Waals surface area contributed by atoms with Crippen LogP contribution in [0.3, 0.4) is 0 Å². The number of rotatable bonds is 3. The van der Waals surface area contributed by atoms with Gasteiger partial charge < -0.3 is 8.98 Å². The molecule has 7 aromatic carbocycles. The van der Waals surface area contributed by atoms with Gasteiger partial charge in [-0.25, -0.2) is 0 Å². The fourth-order valence-electron chi connectivity index (χ4n) is 7.10. The predicted molar refractivity (Wildman–Crippen MR) is 192 cm³/mol. The number of fused-ring (bicyclic) bond motifs is 9. The molecule has 10 aromatic rings. The molecule has 0 saturated carbocycles. The van der Waals surface area contributed by atoms with E-state index in [0.717, 1.165) is 27.5 Å². The molecular weight excluding hydrogens is 567 g/mol. The number of para-hydroxylation sites is 2. The van der Waals surface area contributed by atoms with Gasteiger partial charge in [0.1, 0.15) is 11.2 Å². The van der Waals surface area contributed by atoms with Gasteiger partial charge in [0.05, 0.1) is 15.7 Å². The average molecular weight is 592 g/mol. The zero-order chi connectivity index (χ0) is 29.5. The number of furan rings is 1. The molecule has 0 aliphatic heterocycles. The van der Waals surface area contributed by atoms with Gasteiger partial charge in [-0.2, -0.15) is 0 Å². The van der Waals surface area contributed by atoms with Gasteiger partial charge in [-0.3, -0.25) is 0 Å². The Hall–Kier alpha value is -5.64. The summed E-state index contributed by atoms with van der Waals surface area (Å²) in [6.07, 6.45) is 0. The molecule has 0 aliphatic carbocycles. The van der Waals surface area contributed by atoms with Gasteiger partial charge in [-0.05, 0) is 87.6 Å². The standard InChI is InChI=1S/C42H25NOS/c1-2-14-31(15-3-1)43-36-18-7-6-16-34(36)42-41(43)40-32(17-9-19-39(40)45-42)30-13-8-12-26(22-30)29-20-21-33-35-23-27-10-4-5-11-28(27)24-38(35)44-37(33)25-29/h1-25H. The quantitative estimate of drug-likeness (QED) is 0.200. The van der Waals surface area contributed by atoms with Crippen molar-refractivity contribution in [3.8, 4) is 27.9 Å². The molecule has 2 nitrogen and oxygen atoms in total. The number of benzene rings is 7. The Kier molecular flexibility index (Phi) is 5.19. The molecule has 0 N–H and O–H groups in total. The highest BCUT2D eigenvalue weighted by molar-refractivity contribution is 7.26. The van der Waals surface area contributed by atoms with E-state index in [2.05, 4.69) is 156 Å². The van der Waals surface area contributed by atoms with Crippen molar-refractivity contribution in [3.63, 3.8) is 0 Å². The molecule has 0 amide bonds. The second-order valence-corrected chi connectivity index (χ2v) is 12.8. The molecule has 10 rings (SSSR count). The van der Waals surface area contributed by atoms with Crippen LogP contribution in [0.4, 0.5) is 0 Å². The Morgan fingerprint density at radius 2 is 1.22 bits per heavy atom. The zero-order valence-electron chi connectivity index (χ0n) is 24.2. The summed E-state index contributed by atoms with van der Waals surface area (Å²) in [5.41, 5.74) is 10.3. The molecule has 0 radical (unpaired) electrons. The predicted octanol–water partition coefficient (Wildman–Crippen LogP) is 12.4. The minimum Gasteiger partial charge on any atom is -0.456 e. The Morgan fingerprint density at radius 1 is 0.489 bits per heavy atom. The molecule has 0 spiro atoms. The van der Waals surface area contributed by atoms with Crippen LogP contribution in [0.2, 0.25) is 0 Å². The summed E-state index contributed by atoms with van der Waals surface area (Å²) in [5, 5.41) is 7.33. The van der Waals surface area contributed by atoms with Crippen molar-refractivity contribution in [2.24, 2.45) is 0 Å². The van der Waals surface area contributed by atoms with Crippen molar-refractivity contribution in [1.29, 1.82) is 0 Å². The minimum atomic E-state index is 0.914. The lowest BCUT2D eigenvalue weighted by Gasteiger charge is -2.11. The summed E-state index contributed by atoms with van der Waals surface area (Å²) in [6.45, 7) is 0. The highest BCUT2D eigenvalue weighted by Gasteiger charge is 2.20. The maximum atomic E-state index is 6.42. The summed E-state index contributed by atoms with van der Waals surface area (Å²) < 4.78 is 11.5. The first kappa shape index (κ1) is 24.8. The van der Waals surface area contributed by atoms with E-state index in [-0.39, 0.29) is 0 Å². The second-order valence-electron chi connectivity index (χ2n) is 11.7. The molecule has 0 unspecified atom stereocenters. The third kappa shape index (κ3) is 3.68. The molecule has 3 heteroatoms. The SMILES string of the molecule is c1ccc(-n2c3ccccc3c3sc4cccc(-c5cccc(-c6ccc7c(c6)oc6cc8ccccc8cc67)c5)c4c32)cc1. The minimum absolute atomic E-state index is 0.914. The first-order valence-electron chi connectivity index (χ1n) is 15.3. The van der Waals surface area contributed by atoms with Gasteiger partial charge in [-0.15, -0.1) is 11.3 Å². The van der Waals surface area contributed by atoms with E-state index in [4.69, 9.17) is 4.42 Å². The fourth-order valence-corrected chi connectivity index (χ4v) is 8.35. The lowest BCUT2D eigenvalue weighted by molar-refractivity contribution is 0.669. The van der Waals surface area contributed by atoms with E-state index in [1.807, 2.05) is 11.3 Å². The van der Waals surface area contributed by atoms with Gasteiger partial charge in [0, 0.05) is 31.9 Å². The molecule has 3 aromatic heterocycles. The van der Waals surface area contributed by atoms with Crippen molar-refractivity contribution in [2.75, 3.05) is 0 Å². The number of thiophene rings is 1. The summed E-state index contributed by atoms with van der Waals surface area (Å²) >= 11 is 1.89.